The summed E-state index contributed by atoms with van der Waals surface area (Å²) in [5.74, 6) is 3.07. The van der Waals surface area contributed by atoms with E-state index >= 15 is 0 Å². The molecule has 2 aliphatic heterocycles. The molecule has 0 bridgehead atoms. The van der Waals surface area contributed by atoms with Crippen molar-refractivity contribution in [1.29, 1.82) is 0 Å². The van der Waals surface area contributed by atoms with Crippen molar-refractivity contribution in [2.45, 2.75) is 26.4 Å². The molecule has 88 valence electrons. The third-order valence-corrected chi connectivity index (χ3v) is 3.96. The lowest BCUT2D eigenvalue weighted by atomic mass is 9.95. The van der Waals surface area contributed by atoms with Crippen LogP contribution in [0.4, 0.5) is 0 Å². The van der Waals surface area contributed by atoms with Gasteiger partial charge in [0.25, 0.3) is 0 Å². The Morgan fingerprint density at radius 3 is 3.06 bits per heavy atom. The summed E-state index contributed by atoms with van der Waals surface area (Å²) in [6, 6.07) is 0.618. The van der Waals surface area contributed by atoms with Crippen LogP contribution in [0.1, 0.15) is 18.6 Å². The minimum atomic E-state index is 0.618. The highest BCUT2D eigenvalue weighted by Gasteiger charge is 2.41. The highest BCUT2D eigenvalue weighted by atomic mass is 16.5. The van der Waals surface area contributed by atoms with Gasteiger partial charge in [0.05, 0.1) is 6.54 Å². The molecule has 3 unspecified atom stereocenters. The topological polar surface area (TPSA) is 54.2 Å². The Morgan fingerprint density at radius 2 is 2.38 bits per heavy atom. The van der Waals surface area contributed by atoms with Gasteiger partial charge in [-0.05, 0) is 38.8 Å². The fourth-order valence-corrected chi connectivity index (χ4v) is 3.04. The molecule has 5 nitrogen and oxygen atoms in total. The third kappa shape index (κ3) is 1.64. The molecule has 0 aliphatic carbocycles. The zero-order valence-corrected chi connectivity index (χ0v) is 9.81. The highest BCUT2D eigenvalue weighted by molar-refractivity contribution is 4.97. The van der Waals surface area contributed by atoms with Gasteiger partial charge in [-0.2, -0.15) is 4.98 Å². The molecule has 0 aromatic carbocycles. The SMILES string of the molecule is Cc1noc(CN2CC3CNCC3C2C)n1. The van der Waals surface area contributed by atoms with Crippen LogP contribution in [0.5, 0.6) is 0 Å². The number of nitrogens with one attached hydrogen (secondary N) is 1. The molecule has 1 aromatic heterocycles. The van der Waals surface area contributed by atoms with Crippen molar-refractivity contribution < 1.29 is 4.52 Å². The van der Waals surface area contributed by atoms with Gasteiger partial charge < -0.3 is 9.84 Å². The van der Waals surface area contributed by atoms with Gasteiger partial charge in [-0.15, -0.1) is 0 Å². The normalized spacial score (nSPS) is 34.5. The quantitative estimate of drug-likeness (QED) is 0.786. The van der Waals surface area contributed by atoms with Crippen LogP contribution in [0.3, 0.4) is 0 Å². The Morgan fingerprint density at radius 1 is 1.50 bits per heavy atom. The molecule has 3 rings (SSSR count). The average Bonchev–Trinajstić information content (AvgIpc) is 2.90. The number of rotatable bonds is 2. The maximum absolute atomic E-state index is 5.18. The van der Waals surface area contributed by atoms with Gasteiger partial charge in [0.1, 0.15) is 0 Å². The second-order valence-corrected chi connectivity index (χ2v) is 4.99. The van der Waals surface area contributed by atoms with E-state index in [0.29, 0.717) is 6.04 Å². The number of aryl methyl sites for hydroxylation is 1. The van der Waals surface area contributed by atoms with E-state index in [9.17, 15) is 0 Å². The number of hydrogen-bond donors (Lipinski definition) is 1. The molecule has 0 saturated carbocycles. The van der Waals surface area contributed by atoms with Crippen LogP contribution in [0.25, 0.3) is 0 Å². The molecule has 3 heterocycles. The second kappa shape index (κ2) is 3.82. The number of nitrogens with zero attached hydrogens (tertiary/aromatic N) is 3. The van der Waals surface area contributed by atoms with Crippen molar-refractivity contribution in [3.63, 3.8) is 0 Å². The van der Waals surface area contributed by atoms with Crippen molar-refractivity contribution in [3.8, 4) is 0 Å². The van der Waals surface area contributed by atoms with Gasteiger partial charge in [-0.25, -0.2) is 0 Å². The van der Waals surface area contributed by atoms with Crippen LogP contribution in [0, 0.1) is 18.8 Å². The Bertz CT molecular complexity index is 378. The van der Waals surface area contributed by atoms with E-state index in [1.54, 1.807) is 0 Å². The minimum absolute atomic E-state index is 0.618. The predicted molar refractivity (Wildman–Crippen MR) is 58.8 cm³/mol. The third-order valence-electron chi connectivity index (χ3n) is 3.96. The second-order valence-electron chi connectivity index (χ2n) is 4.99. The maximum Gasteiger partial charge on any atom is 0.240 e. The summed E-state index contributed by atoms with van der Waals surface area (Å²) in [6.07, 6.45) is 0. The molecule has 2 aliphatic rings. The lowest BCUT2D eigenvalue weighted by molar-refractivity contribution is 0.201. The summed E-state index contributed by atoms with van der Waals surface area (Å²) in [5.41, 5.74) is 0. The number of hydrogen-bond acceptors (Lipinski definition) is 5. The first-order valence-electron chi connectivity index (χ1n) is 5.98. The number of likely N-dealkylation sites (tertiary alicyclic amines) is 1. The summed E-state index contributed by atoms with van der Waals surface area (Å²) in [6.45, 7) is 8.44. The smallest absolute Gasteiger partial charge is 0.240 e. The fourth-order valence-electron chi connectivity index (χ4n) is 3.04. The van der Waals surface area contributed by atoms with Gasteiger partial charge in [0.15, 0.2) is 5.82 Å². The molecule has 16 heavy (non-hydrogen) atoms. The fraction of sp³-hybridized carbons (Fsp3) is 0.818. The molecule has 2 saturated heterocycles. The zero-order valence-electron chi connectivity index (χ0n) is 9.81. The first-order valence-corrected chi connectivity index (χ1v) is 5.98. The Hall–Kier alpha value is -0.940. The van der Waals surface area contributed by atoms with Gasteiger partial charge >= 0.3 is 0 Å². The monoisotopic (exact) mass is 222 g/mol. The average molecular weight is 222 g/mol. The molecule has 1 aromatic rings. The van der Waals surface area contributed by atoms with Gasteiger partial charge in [-0.1, -0.05) is 5.16 Å². The van der Waals surface area contributed by atoms with E-state index in [0.717, 1.165) is 49.7 Å². The summed E-state index contributed by atoms with van der Waals surface area (Å²) in [7, 11) is 0. The molecule has 0 spiro atoms. The molecular formula is C11H18N4O. The van der Waals surface area contributed by atoms with Crippen LogP contribution in [-0.4, -0.2) is 40.7 Å². The summed E-state index contributed by atoms with van der Waals surface area (Å²) >= 11 is 0. The van der Waals surface area contributed by atoms with E-state index in [4.69, 9.17) is 4.52 Å². The van der Waals surface area contributed by atoms with Crippen molar-refractivity contribution in [2.75, 3.05) is 19.6 Å². The lowest BCUT2D eigenvalue weighted by Crippen LogP contribution is -2.32. The molecule has 1 N–H and O–H groups in total. The first-order chi connectivity index (χ1) is 7.74. The van der Waals surface area contributed by atoms with Crippen LogP contribution >= 0.6 is 0 Å². The molecule has 3 atom stereocenters. The van der Waals surface area contributed by atoms with E-state index in [2.05, 4.69) is 27.3 Å². The van der Waals surface area contributed by atoms with E-state index in [1.165, 1.54) is 0 Å². The maximum atomic E-state index is 5.18. The largest absolute Gasteiger partial charge is 0.338 e. The Labute approximate surface area is 95.2 Å². The van der Waals surface area contributed by atoms with Crippen molar-refractivity contribution in [3.05, 3.63) is 11.7 Å². The van der Waals surface area contributed by atoms with Crippen molar-refractivity contribution in [1.82, 2.24) is 20.4 Å². The number of fused-ring (bicyclic) bond motifs is 1. The van der Waals surface area contributed by atoms with Gasteiger partial charge in [0.2, 0.25) is 5.89 Å². The van der Waals surface area contributed by atoms with Crippen LogP contribution in [0.2, 0.25) is 0 Å². The molecule has 0 radical (unpaired) electrons. The number of aromatic nitrogens is 2. The Balaban J connectivity index is 1.68. The van der Waals surface area contributed by atoms with Crippen molar-refractivity contribution in [2.24, 2.45) is 11.8 Å². The molecule has 0 amide bonds. The predicted octanol–water partition coefficient (Wildman–Crippen LogP) is 0.418. The zero-order chi connectivity index (χ0) is 11.1. The van der Waals surface area contributed by atoms with Crippen LogP contribution in [-0.2, 0) is 6.54 Å². The van der Waals surface area contributed by atoms with Crippen LogP contribution < -0.4 is 5.32 Å². The minimum Gasteiger partial charge on any atom is -0.338 e. The Kier molecular flexibility index (Phi) is 2.44. The van der Waals surface area contributed by atoms with Gasteiger partial charge in [-0.3, -0.25) is 4.90 Å². The van der Waals surface area contributed by atoms with Crippen LogP contribution in [0.15, 0.2) is 4.52 Å². The molecule has 2 fully saturated rings. The summed E-state index contributed by atoms with van der Waals surface area (Å²) in [5, 5.41) is 7.30. The van der Waals surface area contributed by atoms with E-state index in [1.807, 2.05) is 6.92 Å². The van der Waals surface area contributed by atoms with E-state index < -0.39 is 0 Å². The standard InChI is InChI=1S/C11H18N4O/c1-7-10-4-12-3-9(10)5-15(7)6-11-13-8(2)14-16-11/h7,9-10,12H,3-6H2,1-2H3. The lowest BCUT2D eigenvalue weighted by Gasteiger charge is -2.22. The highest BCUT2D eigenvalue weighted by Crippen LogP contribution is 2.32. The van der Waals surface area contributed by atoms with Crippen molar-refractivity contribution >= 4 is 0 Å². The summed E-state index contributed by atoms with van der Waals surface area (Å²) < 4.78 is 5.18. The summed E-state index contributed by atoms with van der Waals surface area (Å²) in [4.78, 5) is 6.73. The van der Waals surface area contributed by atoms with Gasteiger partial charge in [0, 0.05) is 12.6 Å². The molecular weight excluding hydrogens is 204 g/mol. The molecule has 5 heteroatoms. The van der Waals surface area contributed by atoms with E-state index in [-0.39, 0.29) is 0 Å². The first kappa shape index (κ1) is 10.2.